The lowest BCUT2D eigenvalue weighted by atomic mass is 9.84. The molecule has 2 heterocycles. The second-order valence-corrected chi connectivity index (χ2v) is 9.87. The first-order chi connectivity index (χ1) is 14.0. The van der Waals surface area contributed by atoms with E-state index in [4.69, 9.17) is 11.6 Å². The van der Waals surface area contributed by atoms with E-state index in [0.717, 1.165) is 41.8 Å². The van der Waals surface area contributed by atoms with E-state index in [2.05, 4.69) is 31.2 Å². The van der Waals surface area contributed by atoms with Crippen molar-refractivity contribution in [2.45, 2.75) is 37.6 Å². The normalized spacial score (nSPS) is 23.6. The SMILES string of the molecule is Cc1ccc(CN2C(=O)[C@@]3(SCCN3C(=O)C3CCC3)c3cc(Cl)ccc32)cc1. The number of amides is 2. The lowest BCUT2D eigenvalue weighted by Gasteiger charge is -2.37. The maximum Gasteiger partial charge on any atom is 0.268 e. The summed E-state index contributed by atoms with van der Waals surface area (Å²) in [6.45, 7) is 3.15. The van der Waals surface area contributed by atoms with Gasteiger partial charge in [0.25, 0.3) is 5.91 Å². The third-order valence-electron chi connectivity index (χ3n) is 6.34. The first-order valence-electron chi connectivity index (χ1n) is 10.1. The quantitative estimate of drug-likeness (QED) is 0.712. The number of nitrogens with zero attached hydrogens (tertiary/aromatic N) is 2. The molecule has 150 valence electrons. The van der Waals surface area contributed by atoms with Crippen LogP contribution in [-0.4, -0.2) is 29.0 Å². The van der Waals surface area contributed by atoms with Gasteiger partial charge in [0, 0.05) is 28.8 Å². The van der Waals surface area contributed by atoms with Gasteiger partial charge in [0.05, 0.1) is 12.2 Å². The average Bonchev–Trinajstić information content (AvgIpc) is 3.19. The Hall–Kier alpha value is -1.98. The van der Waals surface area contributed by atoms with Crippen LogP contribution in [0.1, 0.15) is 36.0 Å². The Morgan fingerprint density at radius 2 is 1.97 bits per heavy atom. The van der Waals surface area contributed by atoms with E-state index in [1.165, 1.54) is 5.56 Å². The number of thioether (sulfide) groups is 1. The van der Waals surface area contributed by atoms with Crippen molar-refractivity contribution < 1.29 is 9.59 Å². The van der Waals surface area contributed by atoms with E-state index in [9.17, 15) is 9.59 Å². The number of halogens is 1. The van der Waals surface area contributed by atoms with Crippen molar-refractivity contribution in [2.24, 2.45) is 5.92 Å². The molecular weight excluding hydrogens is 404 g/mol. The summed E-state index contributed by atoms with van der Waals surface area (Å²) in [6.07, 6.45) is 2.96. The van der Waals surface area contributed by atoms with Gasteiger partial charge in [-0.25, -0.2) is 0 Å². The first-order valence-corrected chi connectivity index (χ1v) is 11.5. The van der Waals surface area contributed by atoms with Crippen molar-refractivity contribution in [1.82, 2.24) is 4.90 Å². The number of benzene rings is 2. The van der Waals surface area contributed by atoms with Crippen molar-refractivity contribution in [1.29, 1.82) is 0 Å². The summed E-state index contributed by atoms with van der Waals surface area (Å²) in [5, 5.41) is 0.594. The zero-order chi connectivity index (χ0) is 20.2. The molecule has 1 atom stereocenters. The maximum atomic E-state index is 13.9. The minimum atomic E-state index is -0.975. The Kier molecular flexibility index (Phi) is 4.63. The molecule has 0 bridgehead atoms. The zero-order valence-corrected chi connectivity index (χ0v) is 17.9. The summed E-state index contributed by atoms with van der Waals surface area (Å²) in [4.78, 5) is 29.8. The molecule has 5 rings (SSSR count). The highest BCUT2D eigenvalue weighted by atomic mass is 35.5. The van der Waals surface area contributed by atoms with Crippen LogP contribution in [-0.2, 0) is 21.0 Å². The van der Waals surface area contributed by atoms with Crippen molar-refractivity contribution in [3.8, 4) is 0 Å². The Bertz CT molecular complexity index is 989. The Labute approximate surface area is 180 Å². The van der Waals surface area contributed by atoms with Crippen molar-refractivity contribution >= 4 is 40.9 Å². The standard InChI is InChI=1S/C23H23ClN2O2S/c1-15-5-7-16(8-6-15)14-25-20-10-9-18(24)13-19(20)23(22(25)28)26(11-12-29-23)21(27)17-3-2-4-17/h5-10,13,17H,2-4,11-12,14H2,1H3/t23-/m0/s1. The number of carbonyl (C=O) groups is 2. The molecule has 2 fully saturated rings. The summed E-state index contributed by atoms with van der Waals surface area (Å²) in [5.74, 6) is 0.921. The predicted molar refractivity (Wildman–Crippen MR) is 117 cm³/mol. The van der Waals surface area contributed by atoms with Crippen molar-refractivity contribution in [3.05, 3.63) is 64.2 Å². The van der Waals surface area contributed by atoms with Crippen LogP contribution < -0.4 is 4.90 Å². The molecule has 2 amide bonds. The monoisotopic (exact) mass is 426 g/mol. The van der Waals surface area contributed by atoms with Crippen LogP contribution in [0.4, 0.5) is 5.69 Å². The maximum absolute atomic E-state index is 13.9. The number of fused-ring (bicyclic) bond motifs is 2. The lowest BCUT2D eigenvalue weighted by Crippen LogP contribution is -2.52. The molecule has 1 saturated heterocycles. The Morgan fingerprint density at radius 3 is 2.66 bits per heavy atom. The van der Waals surface area contributed by atoms with Gasteiger partial charge in [-0.1, -0.05) is 47.9 Å². The van der Waals surface area contributed by atoms with Gasteiger partial charge in [0.2, 0.25) is 5.91 Å². The number of aryl methyl sites for hydroxylation is 1. The molecule has 6 heteroatoms. The molecule has 1 aliphatic carbocycles. The molecule has 2 aromatic carbocycles. The van der Waals surface area contributed by atoms with Crippen LogP contribution in [0.25, 0.3) is 0 Å². The van der Waals surface area contributed by atoms with E-state index in [1.807, 2.05) is 28.0 Å². The highest BCUT2D eigenvalue weighted by molar-refractivity contribution is 8.01. The molecule has 1 saturated carbocycles. The molecule has 0 radical (unpaired) electrons. The molecule has 29 heavy (non-hydrogen) atoms. The molecule has 0 N–H and O–H groups in total. The summed E-state index contributed by atoms with van der Waals surface area (Å²) in [6, 6.07) is 13.9. The van der Waals surface area contributed by atoms with Crippen LogP contribution >= 0.6 is 23.4 Å². The smallest absolute Gasteiger partial charge is 0.268 e. The van der Waals surface area contributed by atoms with Gasteiger partial charge in [-0.05, 0) is 43.5 Å². The minimum Gasteiger partial charge on any atom is -0.315 e. The molecule has 3 aliphatic rings. The molecule has 0 aromatic heterocycles. The van der Waals surface area contributed by atoms with Gasteiger partial charge in [-0.15, -0.1) is 11.8 Å². The van der Waals surface area contributed by atoms with E-state index in [-0.39, 0.29) is 17.7 Å². The van der Waals surface area contributed by atoms with Crippen LogP contribution in [0.2, 0.25) is 5.02 Å². The number of rotatable bonds is 3. The summed E-state index contributed by atoms with van der Waals surface area (Å²) >= 11 is 7.92. The van der Waals surface area contributed by atoms with E-state index in [1.54, 1.807) is 11.8 Å². The van der Waals surface area contributed by atoms with Gasteiger partial charge in [-0.2, -0.15) is 0 Å². The van der Waals surface area contributed by atoms with Gasteiger partial charge < -0.3 is 9.80 Å². The fourth-order valence-electron chi connectivity index (χ4n) is 4.52. The highest BCUT2D eigenvalue weighted by Gasteiger charge is 2.60. The third-order valence-corrected chi connectivity index (χ3v) is 7.99. The number of hydrogen-bond acceptors (Lipinski definition) is 3. The second kappa shape index (κ2) is 7.06. The summed E-state index contributed by atoms with van der Waals surface area (Å²) < 4.78 is 0. The summed E-state index contributed by atoms with van der Waals surface area (Å²) in [5.41, 5.74) is 3.98. The Balaban J connectivity index is 1.57. The third kappa shape index (κ3) is 2.89. The van der Waals surface area contributed by atoms with Gasteiger partial charge >= 0.3 is 0 Å². The van der Waals surface area contributed by atoms with Gasteiger partial charge in [0.1, 0.15) is 0 Å². The zero-order valence-electron chi connectivity index (χ0n) is 16.4. The van der Waals surface area contributed by atoms with Crippen molar-refractivity contribution in [2.75, 3.05) is 17.2 Å². The van der Waals surface area contributed by atoms with E-state index in [0.29, 0.717) is 18.1 Å². The van der Waals surface area contributed by atoms with Crippen molar-refractivity contribution in [3.63, 3.8) is 0 Å². The molecule has 2 aromatic rings. The molecule has 0 unspecified atom stereocenters. The highest BCUT2D eigenvalue weighted by Crippen LogP contribution is 2.55. The molecular formula is C23H23ClN2O2S. The molecule has 1 spiro atoms. The average molecular weight is 427 g/mol. The number of hydrogen-bond donors (Lipinski definition) is 0. The van der Waals surface area contributed by atoms with Gasteiger partial charge in [0.15, 0.2) is 4.87 Å². The second-order valence-electron chi connectivity index (χ2n) is 8.15. The Morgan fingerprint density at radius 1 is 1.21 bits per heavy atom. The largest absolute Gasteiger partial charge is 0.315 e. The fraction of sp³-hybridized carbons (Fsp3) is 0.391. The van der Waals surface area contributed by atoms with E-state index >= 15 is 0 Å². The minimum absolute atomic E-state index is 0.0227. The number of anilines is 1. The predicted octanol–water partition coefficient (Wildman–Crippen LogP) is 4.72. The van der Waals surface area contributed by atoms with Crippen LogP contribution in [0.3, 0.4) is 0 Å². The first kappa shape index (κ1) is 19.0. The summed E-state index contributed by atoms with van der Waals surface area (Å²) in [7, 11) is 0. The molecule has 2 aliphatic heterocycles. The van der Waals surface area contributed by atoms with Crippen LogP contribution in [0.5, 0.6) is 0 Å². The van der Waals surface area contributed by atoms with E-state index < -0.39 is 4.87 Å². The van der Waals surface area contributed by atoms with Gasteiger partial charge in [-0.3, -0.25) is 9.59 Å². The van der Waals surface area contributed by atoms with Crippen LogP contribution in [0.15, 0.2) is 42.5 Å². The topological polar surface area (TPSA) is 40.6 Å². The fourth-order valence-corrected chi connectivity index (χ4v) is 6.15. The van der Waals surface area contributed by atoms with Crippen LogP contribution in [0, 0.1) is 12.8 Å². The molecule has 4 nitrogen and oxygen atoms in total. The number of carbonyl (C=O) groups excluding carboxylic acids is 2. The lowest BCUT2D eigenvalue weighted by molar-refractivity contribution is -0.145.